The van der Waals surface area contributed by atoms with Crippen molar-refractivity contribution in [3.05, 3.63) is 83.1 Å². The standard InChI is InChI=1S/C26H20F4N2O/c1-4-22(33)20-13-18(17-7-5-6-8-19(17)27)25-15(3)24(14(2)11-21(25)32-20)16-9-10-31-23(12-16)26(28,29)30/h5-13H,4H2,1-3H3. The van der Waals surface area contributed by atoms with E-state index < -0.39 is 17.7 Å². The smallest absolute Gasteiger partial charge is 0.292 e. The lowest BCUT2D eigenvalue weighted by Gasteiger charge is -2.18. The third-order valence-corrected chi connectivity index (χ3v) is 5.65. The number of aryl methyl sites for hydroxylation is 2. The molecule has 0 aliphatic rings. The number of carbonyl (C=O) groups excluding carboxylic acids is 1. The first-order chi connectivity index (χ1) is 15.6. The molecule has 0 radical (unpaired) electrons. The summed E-state index contributed by atoms with van der Waals surface area (Å²) in [6.07, 6.45) is -3.22. The first-order valence-corrected chi connectivity index (χ1v) is 10.4. The van der Waals surface area contributed by atoms with E-state index >= 15 is 0 Å². The Kier molecular flexibility index (Phi) is 5.74. The van der Waals surface area contributed by atoms with Crippen LogP contribution in [-0.2, 0) is 6.18 Å². The van der Waals surface area contributed by atoms with Crippen LogP contribution in [0.1, 0.15) is 40.7 Å². The number of alkyl halides is 3. The third-order valence-electron chi connectivity index (χ3n) is 5.65. The molecule has 4 rings (SSSR count). The number of halogens is 4. The number of pyridine rings is 2. The molecule has 168 valence electrons. The number of aromatic nitrogens is 2. The Morgan fingerprint density at radius 3 is 2.39 bits per heavy atom. The summed E-state index contributed by atoms with van der Waals surface area (Å²) >= 11 is 0. The van der Waals surface area contributed by atoms with Crippen LogP contribution in [0, 0.1) is 19.7 Å². The zero-order chi connectivity index (χ0) is 23.9. The minimum Gasteiger partial charge on any atom is -0.292 e. The molecule has 2 aromatic heterocycles. The highest BCUT2D eigenvalue weighted by atomic mass is 19.4. The summed E-state index contributed by atoms with van der Waals surface area (Å²) in [6, 6.07) is 12.0. The zero-order valence-electron chi connectivity index (χ0n) is 18.2. The van der Waals surface area contributed by atoms with Gasteiger partial charge in [0.1, 0.15) is 17.2 Å². The molecule has 0 saturated heterocycles. The number of fused-ring (bicyclic) bond motifs is 1. The van der Waals surface area contributed by atoms with Crippen LogP contribution < -0.4 is 0 Å². The Balaban J connectivity index is 2.09. The van der Waals surface area contributed by atoms with Crippen LogP contribution in [0.25, 0.3) is 33.2 Å². The summed E-state index contributed by atoms with van der Waals surface area (Å²) in [7, 11) is 0. The second-order valence-corrected chi connectivity index (χ2v) is 7.83. The van der Waals surface area contributed by atoms with Gasteiger partial charge in [0, 0.05) is 23.6 Å². The van der Waals surface area contributed by atoms with Crippen LogP contribution in [0.5, 0.6) is 0 Å². The SMILES string of the molecule is CCC(=O)c1cc(-c2ccccc2F)c2c(C)c(-c3ccnc(C(F)(F)F)c3)c(C)cc2n1. The molecule has 0 amide bonds. The van der Waals surface area contributed by atoms with E-state index in [1.54, 1.807) is 51.1 Å². The van der Waals surface area contributed by atoms with E-state index in [-0.39, 0.29) is 17.9 Å². The van der Waals surface area contributed by atoms with Gasteiger partial charge in [-0.2, -0.15) is 13.2 Å². The van der Waals surface area contributed by atoms with E-state index in [2.05, 4.69) is 9.97 Å². The molecule has 4 aromatic rings. The van der Waals surface area contributed by atoms with Crippen LogP contribution in [0.3, 0.4) is 0 Å². The number of hydrogen-bond acceptors (Lipinski definition) is 3. The maximum Gasteiger partial charge on any atom is 0.433 e. The van der Waals surface area contributed by atoms with Crippen LogP contribution >= 0.6 is 0 Å². The summed E-state index contributed by atoms with van der Waals surface area (Å²) in [5.74, 6) is -0.650. The Morgan fingerprint density at radius 2 is 1.73 bits per heavy atom. The van der Waals surface area contributed by atoms with Gasteiger partial charge in [-0.3, -0.25) is 9.78 Å². The van der Waals surface area contributed by atoms with Crippen molar-refractivity contribution in [3.8, 4) is 22.3 Å². The van der Waals surface area contributed by atoms with Crippen LogP contribution in [0.15, 0.2) is 54.7 Å². The second-order valence-electron chi connectivity index (χ2n) is 7.83. The Bertz CT molecular complexity index is 1390. The summed E-state index contributed by atoms with van der Waals surface area (Å²) < 4.78 is 54.6. The Morgan fingerprint density at radius 1 is 1.00 bits per heavy atom. The minimum atomic E-state index is -4.58. The molecule has 0 saturated carbocycles. The Hall–Kier alpha value is -3.61. The van der Waals surface area contributed by atoms with Gasteiger partial charge in [0.2, 0.25) is 0 Å². The molecular formula is C26H20F4N2O. The van der Waals surface area contributed by atoms with Gasteiger partial charge < -0.3 is 0 Å². The van der Waals surface area contributed by atoms with Crippen LogP contribution in [0.4, 0.5) is 17.6 Å². The predicted molar refractivity (Wildman–Crippen MR) is 119 cm³/mol. The van der Waals surface area contributed by atoms with Crippen molar-refractivity contribution in [1.82, 2.24) is 9.97 Å². The molecule has 0 fully saturated rings. The number of benzene rings is 2. The van der Waals surface area contributed by atoms with Crippen molar-refractivity contribution in [2.24, 2.45) is 0 Å². The number of nitrogens with zero attached hydrogens (tertiary/aromatic N) is 2. The number of Topliss-reactive ketones (excluding diaryl/α,β-unsaturated/α-hetero) is 1. The lowest BCUT2D eigenvalue weighted by molar-refractivity contribution is -0.141. The molecule has 0 aliphatic heterocycles. The topological polar surface area (TPSA) is 42.9 Å². The van der Waals surface area contributed by atoms with Gasteiger partial charge in [0.15, 0.2) is 5.78 Å². The fraction of sp³-hybridized carbons (Fsp3) is 0.192. The third kappa shape index (κ3) is 4.11. The molecule has 0 N–H and O–H groups in total. The molecule has 0 atom stereocenters. The average molecular weight is 452 g/mol. The van der Waals surface area contributed by atoms with E-state index in [0.29, 0.717) is 44.3 Å². The van der Waals surface area contributed by atoms with Crippen molar-refractivity contribution in [1.29, 1.82) is 0 Å². The van der Waals surface area contributed by atoms with Crippen LogP contribution in [-0.4, -0.2) is 15.8 Å². The fourth-order valence-electron chi connectivity index (χ4n) is 4.16. The van der Waals surface area contributed by atoms with Crippen molar-refractivity contribution < 1.29 is 22.4 Å². The summed E-state index contributed by atoms with van der Waals surface area (Å²) in [6.45, 7) is 5.26. The predicted octanol–water partition coefficient (Wildman–Crippen LogP) is 7.33. The van der Waals surface area contributed by atoms with Crippen molar-refractivity contribution in [3.63, 3.8) is 0 Å². The first-order valence-electron chi connectivity index (χ1n) is 10.4. The van der Waals surface area contributed by atoms with Gasteiger partial charge in [-0.25, -0.2) is 9.37 Å². The summed E-state index contributed by atoms with van der Waals surface area (Å²) in [4.78, 5) is 20.4. The quantitative estimate of drug-likeness (QED) is 0.240. The van der Waals surface area contributed by atoms with Gasteiger partial charge in [0.25, 0.3) is 0 Å². The summed E-state index contributed by atoms with van der Waals surface area (Å²) in [5, 5.41) is 0.582. The highest BCUT2D eigenvalue weighted by Crippen LogP contribution is 2.40. The van der Waals surface area contributed by atoms with Crippen molar-refractivity contribution >= 4 is 16.7 Å². The van der Waals surface area contributed by atoms with Gasteiger partial charge in [-0.15, -0.1) is 0 Å². The Labute approximate surface area is 188 Å². The number of hydrogen-bond donors (Lipinski definition) is 0. The molecule has 2 heterocycles. The van der Waals surface area contributed by atoms with Gasteiger partial charge in [-0.05, 0) is 72.0 Å². The molecular weight excluding hydrogens is 432 g/mol. The number of rotatable bonds is 4. The minimum absolute atomic E-state index is 0.183. The van der Waals surface area contributed by atoms with Crippen molar-refractivity contribution in [2.75, 3.05) is 0 Å². The molecule has 3 nitrogen and oxygen atoms in total. The fourth-order valence-corrected chi connectivity index (χ4v) is 4.16. The van der Waals surface area contributed by atoms with E-state index in [1.165, 1.54) is 12.1 Å². The zero-order valence-corrected chi connectivity index (χ0v) is 18.2. The highest BCUT2D eigenvalue weighted by Gasteiger charge is 2.33. The molecule has 0 aliphatic carbocycles. The number of ketones is 1. The molecule has 0 unspecified atom stereocenters. The second kappa shape index (κ2) is 8.39. The highest BCUT2D eigenvalue weighted by molar-refractivity contribution is 6.05. The lowest BCUT2D eigenvalue weighted by Crippen LogP contribution is -2.08. The maximum absolute atomic E-state index is 14.8. The molecule has 0 spiro atoms. The van der Waals surface area contributed by atoms with Crippen molar-refractivity contribution in [2.45, 2.75) is 33.4 Å². The average Bonchev–Trinajstić information content (AvgIpc) is 2.77. The van der Waals surface area contributed by atoms with Gasteiger partial charge >= 0.3 is 6.18 Å². The van der Waals surface area contributed by atoms with E-state index in [4.69, 9.17) is 0 Å². The summed E-state index contributed by atoms with van der Waals surface area (Å²) in [5.41, 5.74) is 2.74. The molecule has 0 bridgehead atoms. The number of carbonyl (C=O) groups is 1. The molecule has 7 heteroatoms. The van der Waals surface area contributed by atoms with E-state index in [9.17, 15) is 22.4 Å². The van der Waals surface area contributed by atoms with E-state index in [0.717, 1.165) is 12.3 Å². The lowest BCUT2D eigenvalue weighted by atomic mass is 9.88. The van der Waals surface area contributed by atoms with Crippen LogP contribution in [0.2, 0.25) is 0 Å². The largest absolute Gasteiger partial charge is 0.433 e. The van der Waals surface area contributed by atoms with E-state index in [1.807, 2.05) is 0 Å². The molecule has 33 heavy (non-hydrogen) atoms. The maximum atomic E-state index is 14.8. The molecule has 2 aromatic carbocycles. The normalized spacial score (nSPS) is 11.7. The van der Waals surface area contributed by atoms with Gasteiger partial charge in [-0.1, -0.05) is 25.1 Å². The van der Waals surface area contributed by atoms with Gasteiger partial charge in [0.05, 0.1) is 5.52 Å². The first kappa shape index (κ1) is 22.6. The monoisotopic (exact) mass is 452 g/mol.